The largest absolute Gasteiger partial charge is 0.374 e. The lowest BCUT2D eigenvalue weighted by Gasteiger charge is -2.34. The first-order valence-corrected chi connectivity index (χ1v) is 18.9. The number of imidazole rings is 1. The minimum absolute atomic E-state index is 0.186. The van der Waals surface area contributed by atoms with Gasteiger partial charge in [-0.15, -0.1) is 0 Å². The summed E-state index contributed by atoms with van der Waals surface area (Å²) in [6.45, 7) is 6.37. The van der Waals surface area contributed by atoms with Crippen molar-refractivity contribution in [1.29, 1.82) is 0 Å². The van der Waals surface area contributed by atoms with Gasteiger partial charge in [-0.1, -0.05) is 135 Å². The Bertz CT molecular complexity index is 2100. The molecule has 0 bridgehead atoms. The minimum Gasteiger partial charge on any atom is -0.374 e. The summed E-state index contributed by atoms with van der Waals surface area (Å²) in [7, 11) is 0. The summed E-state index contributed by atoms with van der Waals surface area (Å²) in [6.07, 6.45) is -1.17. The Kier molecular flexibility index (Phi) is 13.1. The molecule has 11 nitrogen and oxygen atoms in total. The van der Waals surface area contributed by atoms with Crippen molar-refractivity contribution < 1.29 is 23.7 Å². The number of nitrogens with zero attached hydrogens (tertiary/aromatic N) is 3. The highest BCUT2D eigenvalue weighted by Gasteiger charge is 2.45. The molecule has 5 atom stereocenters. The topological polar surface area (TPSA) is 122 Å². The second-order valence-corrected chi connectivity index (χ2v) is 14.2. The van der Waals surface area contributed by atoms with Crippen LogP contribution >= 0.6 is 0 Å². The van der Waals surface area contributed by atoms with E-state index in [-0.39, 0.29) is 12.2 Å². The summed E-state index contributed by atoms with van der Waals surface area (Å²) in [5.74, 6) is 0.735. The van der Waals surface area contributed by atoms with Gasteiger partial charge in [-0.05, 0) is 28.2 Å². The highest BCUT2D eigenvalue weighted by Crippen LogP contribution is 2.35. The molecule has 3 heterocycles. The predicted octanol–water partition coefficient (Wildman–Crippen LogP) is 7.45. The fourth-order valence-electron chi connectivity index (χ4n) is 6.70. The Morgan fingerprint density at radius 2 is 1.27 bits per heavy atom. The van der Waals surface area contributed by atoms with Crippen LogP contribution in [0.25, 0.3) is 11.2 Å². The zero-order valence-corrected chi connectivity index (χ0v) is 31.3. The molecule has 1 unspecified atom stereocenters. The maximum atomic E-state index is 13.7. The number of nitrogens with one attached hydrogen (secondary N) is 2. The molecule has 1 fully saturated rings. The van der Waals surface area contributed by atoms with Gasteiger partial charge in [0.05, 0.1) is 45.5 Å². The van der Waals surface area contributed by atoms with Crippen molar-refractivity contribution in [1.82, 2.24) is 19.5 Å². The number of hydrogen-bond acceptors (Lipinski definition) is 9. The molecule has 2 aromatic heterocycles. The van der Waals surface area contributed by atoms with Gasteiger partial charge in [0.15, 0.2) is 11.2 Å². The fourth-order valence-corrected chi connectivity index (χ4v) is 6.70. The lowest BCUT2D eigenvalue weighted by molar-refractivity contribution is -0.184. The Labute approximate surface area is 321 Å². The number of fused-ring (bicyclic) bond motifs is 1. The Hall–Kier alpha value is -5.17. The highest BCUT2D eigenvalue weighted by molar-refractivity contribution is 5.71. The summed E-state index contributed by atoms with van der Waals surface area (Å²) in [5.41, 5.74) is 4.38. The van der Waals surface area contributed by atoms with E-state index >= 15 is 0 Å². The van der Waals surface area contributed by atoms with Crippen LogP contribution in [0.5, 0.6) is 0 Å². The van der Waals surface area contributed by atoms with Gasteiger partial charge in [-0.2, -0.15) is 4.98 Å². The Morgan fingerprint density at radius 1 is 0.745 bits per heavy atom. The molecule has 55 heavy (non-hydrogen) atoms. The van der Waals surface area contributed by atoms with Crippen molar-refractivity contribution in [3.63, 3.8) is 0 Å². The third-order valence-corrected chi connectivity index (χ3v) is 9.52. The minimum atomic E-state index is -0.707. The summed E-state index contributed by atoms with van der Waals surface area (Å²) < 4.78 is 35.8. The summed E-state index contributed by atoms with van der Waals surface area (Å²) in [6, 6.07) is 40.2. The SMILES string of the molecule is CC(C)CNc1nc2ncn(C3C[C@H](OCc4ccccc4)[C@@H](OCc4ccccc4)[C@H](OCc4ccccc4)[C@@H](COCc4ccccc4)O3)c2c(=O)[nH]1. The van der Waals surface area contributed by atoms with Gasteiger partial charge < -0.3 is 29.0 Å². The number of benzene rings is 4. The van der Waals surface area contributed by atoms with Gasteiger partial charge in [0.2, 0.25) is 5.95 Å². The molecule has 1 aliphatic rings. The van der Waals surface area contributed by atoms with Gasteiger partial charge in [0.1, 0.15) is 24.5 Å². The number of H-pyrrole nitrogens is 1. The predicted molar refractivity (Wildman–Crippen MR) is 211 cm³/mol. The molecule has 0 saturated carbocycles. The van der Waals surface area contributed by atoms with Crippen molar-refractivity contribution in [3.05, 3.63) is 160 Å². The average molecular weight is 744 g/mol. The quantitative estimate of drug-likeness (QED) is 0.0982. The van der Waals surface area contributed by atoms with Crippen LogP contribution in [0.3, 0.4) is 0 Å². The van der Waals surface area contributed by atoms with Crippen molar-refractivity contribution in [2.75, 3.05) is 18.5 Å². The van der Waals surface area contributed by atoms with E-state index in [1.54, 1.807) is 10.9 Å². The van der Waals surface area contributed by atoms with Crippen molar-refractivity contribution >= 4 is 17.1 Å². The molecular formula is C44H49N5O6. The van der Waals surface area contributed by atoms with Gasteiger partial charge in [0, 0.05) is 13.0 Å². The van der Waals surface area contributed by atoms with E-state index in [2.05, 4.69) is 34.1 Å². The molecule has 0 spiro atoms. The van der Waals surface area contributed by atoms with Gasteiger partial charge >= 0.3 is 0 Å². The molecule has 6 aromatic rings. The molecule has 2 N–H and O–H groups in total. The fraction of sp³-hybridized carbons (Fsp3) is 0.341. The van der Waals surface area contributed by atoms with E-state index in [9.17, 15) is 4.79 Å². The smallest absolute Gasteiger partial charge is 0.278 e. The van der Waals surface area contributed by atoms with Crippen LogP contribution < -0.4 is 10.9 Å². The van der Waals surface area contributed by atoms with Crippen LogP contribution in [-0.2, 0) is 50.1 Å². The molecule has 286 valence electrons. The standard InChI is InChI=1S/C44H49N5O6/c1-31(2)24-45-44-47-42-39(43(50)48-44)49(30-46-42)38-23-36(52-26-33-17-9-4-10-18-33)40(53-27-34-19-11-5-12-20-34)41(54-28-35-21-13-6-14-22-35)37(55-38)29-51-25-32-15-7-3-8-16-32/h3-22,30-31,36-38,40-41H,23-29H2,1-2H3,(H2,45,47,48,50)/t36-,37+,38?,40+,41+/m0/s1. The van der Waals surface area contributed by atoms with Gasteiger partial charge in [-0.3, -0.25) is 14.3 Å². The average Bonchev–Trinajstić information content (AvgIpc) is 3.59. The first-order valence-electron chi connectivity index (χ1n) is 18.9. The number of aromatic nitrogens is 4. The number of aromatic amines is 1. The van der Waals surface area contributed by atoms with E-state index in [1.807, 2.05) is 121 Å². The van der Waals surface area contributed by atoms with Crippen LogP contribution in [0.1, 0.15) is 48.8 Å². The second-order valence-electron chi connectivity index (χ2n) is 14.2. The first-order chi connectivity index (χ1) is 27.0. The molecule has 1 saturated heterocycles. The number of anilines is 1. The van der Waals surface area contributed by atoms with Crippen molar-refractivity contribution in [3.8, 4) is 0 Å². The van der Waals surface area contributed by atoms with E-state index in [1.165, 1.54) is 0 Å². The number of ether oxygens (including phenoxy) is 5. The molecule has 0 aliphatic carbocycles. The maximum Gasteiger partial charge on any atom is 0.278 e. The summed E-state index contributed by atoms with van der Waals surface area (Å²) >= 11 is 0. The van der Waals surface area contributed by atoms with Crippen molar-refractivity contribution in [2.45, 2.75) is 77.3 Å². The number of rotatable bonds is 17. The van der Waals surface area contributed by atoms with E-state index in [4.69, 9.17) is 23.7 Å². The first kappa shape index (κ1) is 38.1. The molecule has 1 aliphatic heterocycles. The molecule has 7 rings (SSSR count). The zero-order valence-electron chi connectivity index (χ0n) is 31.3. The normalized spacial score (nSPS) is 20.1. The lowest BCUT2D eigenvalue weighted by Crippen LogP contribution is -2.48. The maximum absolute atomic E-state index is 13.7. The monoisotopic (exact) mass is 743 g/mol. The second kappa shape index (κ2) is 18.9. The lowest BCUT2D eigenvalue weighted by atomic mass is 10.0. The molecular weight excluding hydrogens is 695 g/mol. The van der Waals surface area contributed by atoms with Crippen LogP contribution in [-0.4, -0.2) is 57.1 Å². The summed E-state index contributed by atoms with van der Waals surface area (Å²) in [5, 5.41) is 3.21. The van der Waals surface area contributed by atoms with E-state index in [0.29, 0.717) is 62.4 Å². The summed E-state index contributed by atoms with van der Waals surface area (Å²) in [4.78, 5) is 25.9. The molecule has 11 heteroatoms. The third kappa shape index (κ3) is 10.3. The highest BCUT2D eigenvalue weighted by atomic mass is 16.6. The molecule has 4 aromatic carbocycles. The Morgan fingerprint density at radius 3 is 1.84 bits per heavy atom. The van der Waals surface area contributed by atoms with Crippen LogP contribution in [0.4, 0.5) is 5.95 Å². The van der Waals surface area contributed by atoms with Gasteiger partial charge in [-0.25, -0.2) is 4.98 Å². The zero-order chi connectivity index (χ0) is 37.8. The van der Waals surface area contributed by atoms with Crippen molar-refractivity contribution in [2.24, 2.45) is 5.92 Å². The molecule has 0 amide bonds. The van der Waals surface area contributed by atoms with Crippen LogP contribution in [0, 0.1) is 5.92 Å². The number of hydrogen-bond donors (Lipinski definition) is 2. The van der Waals surface area contributed by atoms with Gasteiger partial charge in [0.25, 0.3) is 5.56 Å². The Balaban J connectivity index is 1.27. The van der Waals surface area contributed by atoms with E-state index in [0.717, 1.165) is 22.3 Å². The third-order valence-electron chi connectivity index (χ3n) is 9.52. The molecule has 0 radical (unpaired) electrons. The van der Waals surface area contributed by atoms with E-state index < -0.39 is 30.6 Å². The van der Waals surface area contributed by atoms with Crippen LogP contribution in [0.15, 0.2) is 132 Å². The van der Waals surface area contributed by atoms with Crippen LogP contribution in [0.2, 0.25) is 0 Å².